The summed E-state index contributed by atoms with van der Waals surface area (Å²) in [5.74, 6) is 0. The van der Waals surface area contributed by atoms with E-state index in [9.17, 15) is 0 Å². The Morgan fingerprint density at radius 1 is 1.43 bits per heavy atom. The molecule has 42 valence electrons. The zero-order valence-corrected chi connectivity index (χ0v) is 4.84. The van der Waals surface area contributed by atoms with Crippen molar-refractivity contribution in [2.75, 3.05) is 7.05 Å². The number of rotatable bonds is 1. The molecular weight excluding hydrogens is 90.1 g/mol. The van der Waals surface area contributed by atoms with Gasteiger partial charge in [0.1, 0.15) is 0 Å². The fraction of sp³-hybridized carbons (Fsp3) is 0.750. The predicted molar refractivity (Wildman–Crippen MR) is 31.7 cm³/mol. The third-order valence-electron chi connectivity index (χ3n) is 0.334. The van der Waals surface area contributed by atoms with Crippen LogP contribution in [0.5, 0.6) is 0 Å². The average Bonchev–Trinajstić information content (AvgIpc) is 1.61. The van der Waals surface area contributed by atoms with Crippen molar-refractivity contribution in [2.24, 2.45) is 15.4 Å². The van der Waals surface area contributed by atoms with E-state index in [-0.39, 0.29) is 1.43 Å². The van der Waals surface area contributed by atoms with E-state index >= 15 is 0 Å². The van der Waals surface area contributed by atoms with Crippen LogP contribution in [-0.2, 0) is 0 Å². The van der Waals surface area contributed by atoms with Crippen molar-refractivity contribution < 1.29 is 1.43 Å². The van der Waals surface area contributed by atoms with Gasteiger partial charge >= 0.3 is 0 Å². The van der Waals surface area contributed by atoms with E-state index in [0.29, 0.717) is 0 Å². The molecule has 0 unspecified atom stereocenters. The molecule has 0 spiro atoms. The number of hydrogen-bond donors (Lipinski definition) is 0. The molecule has 7 heavy (non-hydrogen) atoms. The molecule has 0 aliphatic rings. The summed E-state index contributed by atoms with van der Waals surface area (Å²) in [7, 11) is 1.59. The largest absolute Gasteiger partial charge is 0.172 e. The van der Waals surface area contributed by atoms with E-state index in [2.05, 4.69) is 15.4 Å². The minimum Gasteiger partial charge on any atom is -0.172 e. The Morgan fingerprint density at radius 2 is 2.00 bits per heavy atom. The fourth-order valence-corrected chi connectivity index (χ4v) is 0.134. The van der Waals surface area contributed by atoms with Gasteiger partial charge in [0.25, 0.3) is 0 Å². The maximum atomic E-state index is 3.62. The quantitative estimate of drug-likeness (QED) is 0.274. The van der Waals surface area contributed by atoms with Crippen LogP contribution >= 0.6 is 0 Å². The summed E-state index contributed by atoms with van der Waals surface area (Å²) in [4.78, 5) is 0. The average molecular weight is 101 g/mol. The van der Waals surface area contributed by atoms with Crippen molar-refractivity contribution >= 4 is 5.71 Å². The van der Waals surface area contributed by atoms with Crippen LogP contribution in [0.2, 0.25) is 0 Å². The fourth-order valence-electron chi connectivity index (χ4n) is 0.134. The van der Waals surface area contributed by atoms with Crippen molar-refractivity contribution in [3.63, 3.8) is 0 Å². The highest BCUT2D eigenvalue weighted by Gasteiger charge is 1.68. The molecule has 3 nitrogen and oxygen atoms in total. The predicted octanol–water partition coefficient (Wildman–Crippen LogP) is 1.71. The minimum absolute atomic E-state index is 0. The smallest absolute Gasteiger partial charge is 0.0509 e. The molecule has 0 amide bonds. The Balaban J connectivity index is 0. The van der Waals surface area contributed by atoms with Gasteiger partial charge in [-0.25, -0.2) is 0 Å². The Morgan fingerprint density at radius 3 is 2.14 bits per heavy atom. The molecule has 3 heteroatoms. The van der Waals surface area contributed by atoms with Crippen molar-refractivity contribution in [1.29, 1.82) is 0 Å². The van der Waals surface area contributed by atoms with Gasteiger partial charge in [0.05, 0.1) is 7.05 Å². The van der Waals surface area contributed by atoms with Crippen LogP contribution in [0.25, 0.3) is 0 Å². The van der Waals surface area contributed by atoms with E-state index in [0.717, 1.165) is 5.71 Å². The molecular formula is C4H11N3. The van der Waals surface area contributed by atoms with Gasteiger partial charge in [0.15, 0.2) is 0 Å². The summed E-state index contributed by atoms with van der Waals surface area (Å²) in [5, 5.41) is 10.4. The van der Waals surface area contributed by atoms with Gasteiger partial charge in [-0.2, -0.15) is 5.11 Å². The third-order valence-corrected chi connectivity index (χ3v) is 0.334. The molecule has 0 fully saturated rings. The minimum atomic E-state index is 0. The highest BCUT2D eigenvalue weighted by atomic mass is 15.4. The molecule has 0 bridgehead atoms. The van der Waals surface area contributed by atoms with E-state index in [1.165, 1.54) is 0 Å². The standard InChI is InChI=1S/C4H9N3.H2/c1-4(2)6-7-5-3;/h1-3H3;1H. The Hall–Kier alpha value is -0.730. The third kappa shape index (κ3) is 5.27. The van der Waals surface area contributed by atoms with Crippen LogP contribution in [-0.4, -0.2) is 12.8 Å². The topological polar surface area (TPSA) is 37.1 Å². The zero-order valence-electron chi connectivity index (χ0n) is 4.84. The molecule has 0 aromatic carbocycles. The monoisotopic (exact) mass is 101 g/mol. The lowest BCUT2D eigenvalue weighted by molar-refractivity contribution is 1.02. The molecule has 0 rings (SSSR count). The number of nitrogens with zero attached hydrogens (tertiary/aromatic N) is 3. The highest BCUT2D eigenvalue weighted by Crippen LogP contribution is 1.75. The molecule has 0 saturated carbocycles. The molecule has 0 aromatic rings. The molecule has 0 saturated heterocycles. The summed E-state index contributed by atoms with van der Waals surface area (Å²) in [6.07, 6.45) is 0. The summed E-state index contributed by atoms with van der Waals surface area (Å²) in [5.41, 5.74) is 0.922. The zero-order chi connectivity index (χ0) is 5.70. The second-order valence-corrected chi connectivity index (χ2v) is 1.34. The van der Waals surface area contributed by atoms with Gasteiger partial charge in [-0.3, -0.25) is 0 Å². The molecule has 0 atom stereocenters. The molecule has 0 aliphatic heterocycles. The van der Waals surface area contributed by atoms with Crippen molar-refractivity contribution in [1.82, 2.24) is 0 Å². The van der Waals surface area contributed by atoms with Crippen LogP contribution in [0.1, 0.15) is 15.3 Å². The van der Waals surface area contributed by atoms with Crippen LogP contribution in [0.15, 0.2) is 15.4 Å². The van der Waals surface area contributed by atoms with Crippen LogP contribution < -0.4 is 0 Å². The second-order valence-electron chi connectivity index (χ2n) is 1.34. The van der Waals surface area contributed by atoms with Crippen LogP contribution in [0.3, 0.4) is 0 Å². The second kappa shape index (κ2) is 3.46. The van der Waals surface area contributed by atoms with Crippen molar-refractivity contribution in [2.45, 2.75) is 13.8 Å². The Labute approximate surface area is 44.6 Å². The summed E-state index contributed by atoms with van der Waals surface area (Å²) < 4.78 is 0. The van der Waals surface area contributed by atoms with Gasteiger partial charge in [0, 0.05) is 7.14 Å². The molecule has 0 heterocycles. The number of hydrogen-bond acceptors (Lipinski definition) is 2. The van der Waals surface area contributed by atoms with Gasteiger partial charge < -0.3 is 0 Å². The van der Waals surface area contributed by atoms with E-state index in [1.807, 2.05) is 13.8 Å². The Bertz CT molecular complexity index is 93.5. The maximum Gasteiger partial charge on any atom is 0.0509 e. The summed E-state index contributed by atoms with van der Waals surface area (Å²) >= 11 is 0. The first-order valence-corrected chi connectivity index (χ1v) is 2.07. The normalized spacial score (nSPS) is 9.57. The van der Waals surface area contributed by atoms with Gasteiger partial charge in [0.2, 0.25) is 0 Å². The van der Waals surface area contributed by atoms with Crippen molar-refractivity contribution in [3.05, 3.63) is 0 Å². The first kappa shape index (κ1) is 6.27. The van der Waals surface area contributed by atoms with Crippen LogP contribution in [0.4, 0.5) is 0 Å². The summed E-state index contributed by atoms with van der Waals surface area (Å²) in [6, 6.07) is 0. The SMILES string of the molecule is CN=NN=C(C)C.[HH]. The van der Waals surface area contributed by atoms with Gasteiger partial charge in [-0.15, -0.1) is 5.10 Å². The van der Waals surface area contributed by atoms with Crippen LogP contribution in [0, 0.1) is 0 Å². The first-order chi connectivity index (χ1) is 3.27. The van der Waals surface area contributed by atoms with E-state index in [1.54, 1.807) is 7.05 Å². The molecule has 0 aliphatic carbocycles. The molecule has 0 aromatic heterocycles. The van der Waals surface area contributed by atoms with Gasteiger partial charge in [-0.1, -0.05) is 5.22 Å². The van der Waals surface area contributed by atoms with E-state index in [4.69, 9.17) is 0 Å². The van der Waals surface area contributed by atoms with Gasteiger partial charge in [-0.05, 0) is 13.8 Å². The summed E-state index contributed by atoms with van der Waals surface area (Å²) in [6.45, 7) is 3.74. The highest BCUT2D eigenvalue weighted by molar-refractivity contribution is 5.78. The van der Waals surface area contributed by atoms with Crippen molar-refractivity contribution in [3.8, 4) is 0 Å². The maximum absolute atomic E-state index is 3.62. The Kier molecular flexibility index (Phi) is 3.10. The lowest BCUT2D eigenvalue weighted by atomic mass is 10.5. The van der Waals surface area contributed by atoms with E-state index < -0.39 is 0 Å². The lowest BCUT2D eigenvalue weighted by Gasteiger charge is -1.75. The molecule has 0 radical (unpaired) electrons. The first-order valence-electron chi connectivity index (χ1n) is 2.07. The lowest BCUT2D eigenvalue weighted by Crippen LogP contribution is -1.74. The molecule has 0 N–H and O–H groups in total.